The first-order chi connectivity index (χ1) is 11.4. The normalized spacial score (nSPS) is 11.7. The summed E-state index contributed by atoms with van der Waals surface area (Å²) in [6, 6.07) is 15.4. The summed E-state index contributed by atoms with van der Waals surface area (Å²) in [6.07, 6.45) is 1.36. The highest BCUT2D eigenvalue weighted by atomic mass is 16.6. The van der Waals surface area contributed by atoms with Gasteiger partial charge in [0.1, 0.15) is 5.60 Å². The van der Waals surface area contributed by atoms with Gasteiger partial charge in [-0.1, -0.05) is 42.5 Å². The lowest BCUT2D eigenvalue weighted by atomic mass is 10.0. The van der Waals surface area contributed by atoms with Crippen molar-refractivity contribution in [3.63, 3.8) is 0 Å². The minimum absolute atomic E-state index is 0.0878. The van der Waals surface area contributed by atoms with Crippen LogP contribution in [0.2, 0.25) is 0 Å². The van der Waals surface area contributed by atoms with Crippen LogP contribution in [0.15, 0.2) is 54.7 Å². The number of aliphatic hydroxyl groups excluding tert-OH is 1. The molecular formula is C20H21NO3. The van der Waals surface area contributed by atoms with E-state index in [9.17, 15) is 9.90 Å². The molecule has 3 rings (SSSR count). The Kier molecular flexibility index (Phi) is 4.16. The van der Waals surface area contributed by atoms with Crippen LogP contribution in [0.3, 0.4) is 0 Å². The van der Waals surface area contributed by atoms with Gasteiger partial charge in [-0.25, -0.2) is 4.79 Å². The molecule has 0 bridgehead atoms. The number of ether oxygens (including phenoxy) is 1. The Morgan fingerprint density at radius 1 is 1.08 bits per heavy atom. The van der Waals surface area contributed by atoms with Gasteiger partial charge in [0.25, 0.3) is 0 Å². The van der Waals surface area contributed by atoms with Crippen molar-refractivity contribution in [1.82, 2.24) is 4.57 Å². The zero-order chi connectivity index (χ0) is 17.3. The molecule has 3 aromatic rings. The Labute approximate surface area is 141 Å². The number of aliphatic hydroxyl groups is 1. The quantitative estimate of drug-likeness (QED) is 0.751. The van der Waals surface area contributed by atoms with E-state index < -0.39 is 11.7 Å². The van der Waals surface area contributed by atoms with Gasteiger partial charge < -0.3 is 9.84 Å². The van der Waals surface area contributed by atoms with Gasteiger partial charge in [0.15, 0.2) is 0 Å². The first-order valence-electron chi connectivity index (χ1n) is 7.93. The van der Waals surface area contributed by atoms with Gasteiger partial charge in [-0.05, 0) is 38.0 Å². The van der Waals surface area contributed by atoms with Crippen LogP contribution in [0.25, 0.3) is 22.0 Å². The number of hydrogen-bond donors (Lipinski definition) is 1. The predicted octanol–water partition coefficient (Wildman–Crippen LogP) is 4.58. The zero-order valence-corrected chi connectivity index (χ0v) is 14.1. The van der Waals surface area contributed by atoms with Crippen LogP contribution >= 0.6 is 0 Å². The summed E-state index contributed by atoms with van der Waals surface area (Å²) in [5, 5.41) is 10.6. The van der Waals surface area contributed by atoms with E-state index in [4.69, 9.17) is 4.74 Å². The van der Waals surface area contributed by atoms with Crippen LogP contribution in [0.4, 0.5) is 4.79 Å². The Morgan fingerprint density at radius 3 is 2.42 bits per heavy atom. The van der Waals surface area contributed by atoms with Gasteiger partial charge in [0, 0.05) is 17.1 Å². The molecule has 24 heavy (non-hydrogen) atoms. The molecule has 4 nitrogen and oxygen atoms in total. The zero-order valence-electron chi connectivity index (χ0n) is 14.1. The molecule has 124 valence electrons. The van der Waals surface area contributed by atoms with Gasteiger partial charge in [-0.3, -0.25) is 4.57 Å². The highest BCUT2D eigenvalue weighted by Gasteiger charge is 2.22. The molecule has 0 amide bonds. The maximum Gasteiger partial charge on any atom is 0.419 e. The fraction of sp³-hybridized carbons (Fsp3) is 0.250. The molecule has 4 heteroatoms. The summed E-state index contributed by atoms with van der Waals surface area (Å²) in [5.41, 5.74) is 2.84. The molecule has 2 aromatic carbocycles. The summed E-state index contributed by atoms with van der Waals surface area (Å²) in [7, 11) is 0. The summed E-state index contributed by atoms with van der Waals surface area (Å²) in [5.74, 6) is 0. The molecule has 0 aliphatic carbocycles. The number of aromatic nitrogens is 1. The molecule has 1 N–H and O–H groups in total. The lowest BCUT2D eigenvalue weighted by Gasteiger charge is -2.19. The highest BCUT2D eigenvalue weighted by molar-refractivity contribution is 6.02. The monoisotopic (exact) mass is 323 g/mol. The van der Waals surface area contributed by atoms with E-state index in [1.807, 2.05) is 69.3 Å². The molecule has 0 aliphatic heterocycles. The van der Waals surface area contributed by atoms with Crippen LogP contribution in [-0.2, 0) is 11.3 Å². The molecule has 0 aliphatic rings. The van der Waals surface area contributed by atoms with Crippen molar-refractivity contribution in [1.29, 1.82) is 0 Å². The van der Waals surface area contributed by atoms with E-state index in [0.29, 0.717) is 0 Å². The van der Waals surface area contributed by atoms with Crippen LogP contribution in [-0.4, -0.2) is 21.4 Å². The van der Waals surface area contributed by atoms with Crippen molar-refractivity contribution in [2.45, 2.75) is 33.0 Å². The number of fused-ring (bicyclic) bond motifs is 1. The van der Waals surface area contributed by atoms with Gasteiger partial charge >= 0.3 is 6.09 Å². The second kappa shape index (κ2) is 6.13. The number of hydrogen-bond acceptors (Lipinski definition) is 3. The highest BCUT2D eigenvalue weighted by Crippen LogP contribution is 2.33. The molecule has 0 radical (unpaired) electrons. The number of carbonyl (C=O) groups excluding carboxylic acids is 1. The van der Waals surface area contributed by atoms with Gasteiger partial charge in [-0.15, -0.1) is 0 Å². The van der Waals surface area contributed by atoms with Crippen molar-refractivity contribution in [2.24, 2.45) is 0 Å². The Balaban J connectivity index is 2.24. The first kappa shape index (κ1) is 16.3. The van der Waals surface area contributed by atoms with E-state index in [2.05, 4.69) is 0 Å². The summed E-state index contributed by atoms with van der Waals surface area (Å²) in [4.78, 5) is 12.6. The Hall–Kier alpha value is -2.59. The molecule has 0 saturated carbocycles. The molecule has 1 heterocycles. The number of carbonyl (C=O) groups is 1. The first-order valence-corrected chi connectivity index (χ1v) is 7.93. The smallest absolute Gasteiger partial charge is 0.419 e. The minimum atomic E-state index is -0.574. The average molecular weight is 323 g/mol. The van der Waals surface area contributed by atoms with Crippen LogP contribution in [0.5, 0.6) is 0 Å². The van der Waals surface area contributed by atoms with Crippen molar-refractivity contribution in [2.75, 3.05) is 0 Å². The van der Waals surface area contributed by atoms with Gasteiger partial charge in [0.2, 0.25) is 0 Å². The standard InChI is InChI=1S/C20H21NO3/c1-20(2,3)24-19(23)21-12-16(14-8-5-4-6-9-14)18-15(13-22)10-7-11-17(18)21/h4-12,22H,13H2,1-3H3. The number of nitrogens with zero attached hydrogens (tertiary/aromatic N) is 1. The molecule has 0 saturated heterocycles. The van der Waals surface area contributed by atoms with Crippen molar-refractivity contribution < 1.29 is 14.6 Å². The fourth-order valence-corrected chi connectivity index (χ4v) is 2.79. The van der Waals surface area contributed by atoms with Crippen molar-refractivity contribution in [3.05, 3.63) is 60.3 Å². The van der Waals surface area contributed by atoms with E-state index in [1.165, 1.54) is 4.57 Å². The minimum Gasteiger partial charge on any atom is -0.443 e. The maximum atomic E-state index is 12.6. The molecule has 0 spiro atoms. The fourth-order valence-electron chi connectivity index (χ4n) is 2.79. The third kappa shape index (κ3) is 3.05. The Bertz CT molecular complexity index is 873. The van der Waals surface area contributed by atoms with Crippen LogP contribution < -0.4 is 0 Å². The van der Waals surface area contributed by atoms with Crippen molar-refractivity contribution >= 4 is 17.0 Å². The second-order valence-electron chi connectivity index (χ2n) is 6.73. The lowest BCUT2D eigenvalue weighted by Crippen LogP contribution is -2.26. The van der Waals surface area contributed by atoms with Crippen molar-refractivity contribution in [3.8, 4) is 11.1 Å². The average Bonchev–Trinajstić information content (AvgIpc) is 2.94. The molecule has 1 aromatic heterocycles. The third-order valence-electron chi connectivity index (χ3n) is 3.76. The third-order valence-corrected chi connectivity index (χ3v) is 3.76. The predicted molar refractivity (Wildman–Crippen MR) is 94.9 cm³/mol. The van der Waals surface area contributed by atoms with E-state index in [-0.39, 0.29) is 6.61 Å². The van der Waals surface area contributed by atoms with Crippen LogP contribution in [0.1, 0.15) is 26.3 Å². The largest absolute Gasteiger partial charge is 0.443 e. The number of benzene rings is 2. The molecule has 0 atom stereocenters. The van der Waals surface area contributed by atoms with E-state index in [0.717, 1.165) is 27.6 Å². The second-order valence-corrected chi connectivity index (χ2v) is 6.73. The van der Waals surface area contributed by atoms with E-state index in [1.54, 1.807) is 6.20 Å². The summed E-state index contributed by atoms with van der Waals surface area (Å²) < 4.78 is 7.03. The molecular weight excluding hydrogens is 302 g/mol. The summed E-state index contributed by atoms with van der Waals surface area (Å²) in [6.45, 7) is 5.44. The Morgan fingerprint density at radius 2 is 1.79 bits per heavy atom. The molecule has 0 unspecified atom stereocenters. The summed E-state index contributed by atoms with van der Waals surface area (Å²) >= 11 is 0. The maximum absolute atomic E-state index is 12.6. The van der Waals surface area contributed by atoms with Gasteiger partial charge in [-0.2, -0.15) is 0 Å². The van der Waals surface area contributed by atoms with Gasteiger partial charge in [0.05, 0.1) is 12.1 Å². The van der Waals surface area contributed by atoms with Crippen LogP contribution in [0, 0.1) is 0 Å². The topological polar surface area (TPSA) is 51.5 Å². The SMILES string of the molecule is CC(C)(C)OC(=O)n1cc(-c2ccccc2)c2c(CO)cccc21. The molecule has 0 fully saturated rings. The number of rotatable bonds is 2. The lowest BCUT2D eigenvalue weighted by molar-refractivity contribution is 0.0544. The van der Waals surface area contributed by atoms with E-state index >= 15 is 0 Å².